The average molecular weight is 367 g/mol. The third kappa shape index (κ3) is 3.72. The molecule has 6 nitrogen and oxygen atoms in total. The zero-order chi connectivity index (χ0) is 18.9. The van der Waals surface area contributed by atoms with Gasteiger partial charge in [-0.3, -0.25) is 4.79 Å². The van der Waals surface area contributed by atoms with Crippen LogP contribution in [0.5, 0.6) is 0 Å². The van der Waals surface area contributed by atoms with Crippen LogP contribution in [0.2, 0.25) is 0 Å². The highest BCUT2D eigenvalue weighted by Crippen LogP contribution is 2.29. The molecule has 2 aromatic heterocycles. The first-order valence-electron chi connectivity index (χ1n) is 8.40. The minimum atomic E-state index is -4.45. The minimum Gasteiger partial charge on any atom is -0.348 e. The Morgan fingerprint density at radius 1 is 1.35 bits per heavy atom. The van der Waals surface area contributed by atoms with Crippen LogP contribution < -0.4 is 10.6 Å². The summed E-state index contributed by atoms with van der Waals surface area (Å²) >= 11 is 0. The third-order valence-corrected chi connectivity index (χ3v) is 4.29. The second-order valence-electron chi connectivity index (χ2n) is 6.58. The van der Waals surface area contributed by atoms with E-state index in [1.165, 1.54) is 16.9 Å². The van der Waals surface area contributed by atoms with Crippen LogP contribution in [0.15, 0.2) is 24.5 Å². The summed E-state index contributed by atoms with van der Waals surface area (Å²) in [6.45, 7) is 5.37. The van der Waals surface area contributed by atoms with Gasteiger partial charge in [0.05, 0.1) is 23.0 Å². The van der Waals surface area contributed by atoms with Gasteiger partial charge >= 0.3 is 6.18 Å². The van der Waals surface area contributed by atoms with Crippen LogP contribution >= 0.6 is 0 Å². The van der Waals surface area contributed by atoms with Crippen molar-refractivity contribution >= 4 is 5.91 Å². The number of hydrogen-bond acceptors (Lipinski definition) is 4. The lowest BCUT2D eigenvalue weighted by molar-refractivity contribution is -0.137. The van der Waals surface area contributed by atoms with Crippen LogP contribution in [0, 0.1) is 0 Å². The second-order valence-corrected chi connectivity index (χ2v) is 6.58. The largest absolute Gasteiger partial charge is 0.417 e. The Morgan fingerprint density at radius 2 is 2.12 bits per heavy atom. The molecule has 3 heterocycles. The van der Waals surface area contributed by atoms with E-state index in [0.29, 0.717) is 11.3 Å². The molecule has 1 fully saturated rings. The van der Waals surface area contributed by atoms with Crippen molar-refractivity contribution in [2.24, 2.45) is 0 Å². The molecule has 0 saturated carbocycles. The minimum absolute atomic E-state index is 0.0649. The van der Waals surface area contributed by atoms with Crippen LogP contribution in [0.4, 0.5) is 13.2 Å². The van der Waals surface area contributed by atoms with Gasteiger partial charge in [0.25, 0.3) is 5.91 Å². The number of nitrogens with zero attached hydrogens (tertiary/aromatic N) is 3. The lowest BCUT2D eigenvalue weighted by Crippen LogP contribution is -2.36. The first kappa shape index (κ1) is 18.4. The summed E-state index contributed by atoms with van der Waals surface area (Å²) in [5.74, 6) is -0.0621. The van der Waals surface area contributed by atoms with Crippen molar-refractivity contribution in [2.75, 3.05) is 13.1 Å². The maximum absolute atomic E-state index is 12.7. The van der Waals surface area contributed by atoms with Gasteiger partial charge in [0.2, 0.25) is 0 Å². The lowest BCUT2D eigenvalue weighted by atomic mass is 10.0. The van der Waals surface area contributed by atoms with Gasteiger partial charge < -0.3 is 10.6 Å². The van der Waals surface area contributed by atoms with Crippen molar-refractivity contribution < 1.29 is 18.0 Å². The molecule has 1 aliphatic rings. The number of amides is 1. The molecule has 3 rings (SSSR count). The molecule has 9 heteroatoms. The Hall–Kier alpha value is -2.42. The van der Waals surface area contributed by atoms with E-state index in [0.717, 1.165) is 31.8 Å². The zero-order valence-electron chi connectivity index (χ0n) is 14.5. The lowest BCUT2D eigenvalue weighted by Gasteiger charge is -2.15. The molecule has 1 amide bonds. The molecule has 0 radical (unpaired) electrons. The Balaban J connectivity index is 1.90. The molecule has 0 bridgehead atoms. The Bertz CT molecular complexity index is 777. The summed E-state index contributed by atoms with van der Waals surface area (Å²) in [6, 6.07) is 2.28. The number of pyridine rings is 1. The topological polar surface area (TPSA) is 71.8 Å². The molecule has 1 atom stereocenters. The van der Waals surface area contributed by atoms with E-state index in [1.54, 1.807) is 0 Å². The fourth-order valence-electron chi connectivity index (χ4n) is 2.99. The molecule has 0 spiro atoms. The van der Waals surface area contributed by atoms with Crippen LogP contribution in [0.1, 0.15) is 47.8 Å². The maximum Gasteiger partial charge on any atom is 0.417 e. The van der Waals surface area contributed by atoms with Gasteiger partial charge in [0.15, 0.2) is 5.82 Å². The first-order chi connectivity index (χ1) is 12.3. The summed E-state index contributed by atoms with van der Waals surface area (Å²) in [5.41, 5.74) is 0.195. The van der Waals surface area contributed by atoms with Crippen molar-refractivity contribution in [1.82, 2.24) is 25.4 Å². The first-order valence-corrected chi connectivity index (χ1v) is 8.40. The Labute approximate surface area is 148 Å². The highest BCUT2D eigenvalue weighted by molar-refractivity contribution is 5.95. The van der Waals surface area contributed by atoms with Crippen LogP contribution in [-0.2, 0) is 6.18 Å². The maximum atomic E-state index is 12.7. The SMILES string of the molecule is CC(C)c1c(C(=O)NC2CCNC2)cnn1-c1ccc(C(F)(F)F)cn1. The molecule has 1 saturated heterocycles. The molecule has 0 aromatic carbocycles. The fourth-order valence-corrected chi connectivity index (χ4v) is 2.99. The summed E-state index contributed by atoms with van der Waals surface area (Å²) in [4.78, 5) is 16.5. The van der Waals surface area contributed by atoms with Gasteiger partial charge in [-0.15, -0.1) is 0 Å². The van der Waals surface area contributed by atoms with E-state index in [-0.39, 0.29) is 23.7 Å². The molecule has 1 unspecified atom stereocenters. The van der Waals surface area contributed by atoms with Crippen LogP contribution in [0.3, 0.4) is 0 Å². The molecule has 2 aromatic rings. The number of rotatable bonds is 4. The van der Waals surface area contributed by atoms with Gasteiger partial charge in [-0.05, 0) is 31.0 Å². The number of aromatic nitrogens is 3. The van der Waals surface area contributed by atoms with Gasteiger partial charge in [0, 0.05) is 18.8 Å². The summed E-state index contributed by atoms with van der Waals surface area (Å²) in [5, 5.41) is 10.3. The second kappa shape index (κ2) is 7.06. The third-order valence-electron chi connectivity index (χ3n) is 4.29. The summed E-state index contributed by atoms with van der Waals surface area (Å²) < 4.78 is 39.6. The molecule has 1 aliphatic heterocycles. The number of carbonyl (C=O) groups excluding carboxylic acids is 1. The van der Waals surface area contributed by atoms with Gasteiger partial charge in [0.1, 0.15) is 0 Å². The number of carbonyl (C=O) groups is 1. The van der Waals surface area contributed by atoms with Gasteiger partial charge in [-0.1, -0.05) is 13.8 Å². The number of halogens is 3. The molecular weight excluding hydrogens is 347 g/mol. The van der Waals surface area contributed by atoms with Crippen molar-refractivity contribution in [3.63, 3.8) is 0 Å². The Kier molecular flexibility index (Phi) is 4.99. The normalized spacial score (nSPS) is 17.7. The van der Waals surface area contributed by atoms with E-state index in [2.05, 4.69) is 20.7 Å². The number of hydrogen-bond donors (Lipinski definition) is 2. The molecule has 140 valence electrons. The van der Waals surface area contributed by atoms with E-state index in [9.17, 15) is 18.0 Å². The molecule has 0 aliphatic carbocycles. The van der Waals surface area contributed by atoms with E-state index < -0.39 is 11.7 Å². The summed E-state index contributed by atoms with van der Waals surface area (Å²) in [7, 11) is 0. The standard InChI is InChI=1S/C17H20F3N5O/c1-10(2)15-13(16(26)24-12-5-6-21-8-12)9-23-25(15)14-4-3-11(7-22-14)17(18,19)20/h3-4,7,9-10,12,21H,5-6,8H2,1-2H3,(H,24,26). The highest BCUT2D eigenvalue weighted by atomic mass is 19.4. The van der Waals surface area contributed by atoms with Crippen LogP contribution in [-0.4, -0.2) is 39.8 Å². The molecule has 26 heavy (non-hydrogen) atoms. The number of nitrogens with one attached hydrogen (secondary N) is 2. The smallest absolute Gasteiger partial charge is 0.348 e. The molecule has 2 N–H and O–H groups in total. The van der Waals surface area contributed by atoms with E-state index in [1.807, 2.05) is 13.8 Å². The fraction of sp³-hybridized carbons (Fsp3) is 0.471. The quantitative estimate of drug-likeness (QED) is 0.871. The van der Waals surface area contributed by atoms with E-state index >= 15 is 0 Å². The Morgan fingerprint density at radius 3 is 2.65 bits per heavy atom. The summed E-state index contributed by atoms with van der Waals surface area (Å²) in [6.07, 6.45) is -1.38. The predicted octanol–water partition coefficient (Wildman–Crippen LogP) is 2.50. The zero-order valence-corrected chi connectivity index (χ0v) is 14.5. The monoisotopic (exact) mass is 367 g/mol. The van der Waals surface area contributed by atoms with Gasteiger partial charge in [-0.25, -0.2) is 9.67 Å². The van der Waals surface area contributed by atoms with Crippen molar-refractivity contribution in [3.8, 4) is 5.82 Å². The highest BCUT2D eigenvalue weighted by Gasteiger charge is 2.31. The predicted molar refractivity (Wildman–Crippen MR) is 89.2 cm³/mol. The number of alkyl halides is 3. The average Bonchev–Trinajstić information content (AvgIpc) is 3.23. The van der Waals surface area contributed by atoms with E-state index in [4.69, 9.17) is 0 Å². The van der Waals surface area contributed by atoms with Crippen molar-refractivity contribution in [1.29, 1.82) is 0 Å². The van der Waals surface area contributed by atoms with Gasteiger partial charge in [-0.2, -0.15) is 18.3 Å². The van der Waals surface area contributed by atoms with Crippen molar-refractivity contribution in [3.05, 3.63) is 41.3 Å². The van der Waals surface area contributed by atoms with Crippen molar-refractivity contribution in [2.45, 2.75) is 38.4 Å². The van der Waals surface area contributed by atoms with Crippen LogP contribution in [0.25, 0.3) is 5.82 Å². The molecular formula is C17H20F3N5O.